The minimum Gasteiger partial charge on any atom is -0.494 e. The Bertz CT molecular complexity index is 892. The lowest BCUT2D eigenvalue weighted by Crippen LogP contribution is -2.13. The predicted octanol–water partition coefficient (Wildman–Crippen LogP) is 9.52. The molecule has 36 heavy (non-hydrogen) atoms. The molecule has 0 radical (unpaired) electrons. The Kier molecular flexibility index (Phi) is 12.1. The molecule has 1 atom stereocenters. The summed E-state index contributed by atoms with van der Waals surface area (Å²) in [7, 11) is 0. The maximum atomic E-state index is 12.6. The zero-order valence-corrected chi connectivity index (χ0v) is 22.6. The van der Waals surface area contributed by atoms with Crippen LogP contribution >= 0.6 is 0 Å². The highest BCUT2D eigenvalue weighted by Gasteiger charge is 2.22. The molecule has 3 heteroatoms. The van der Waals surface area contributed by atoms with Crippen LogP contribution in [0.25, 0.3) is 0 Å². The molecule has 1 fully saturated rings. The number of esters is 1. The van der Waals surface area contributed by atoms with Gasteiger partial charge in [-0.1, -0.05) is 64.2 Å². The van der Waals surface area contributed by atoms with Gasteiger partial charge in [0.05, 0.1) is 12.2 Å². The van der Waals surface area contributed by atoms with Crippen LogP contribution in [-0.2, 0) is 0 Å². The molecule has 1 aliphatic carbocycles. The van der Waals surface area contributed by atoms with E-state index in [0.29, 0.717) is 23.8 Å². The standard InChI is InChI=1S/C33H46O3/c1-4-6-8-12-27-13-15-28(16-14-27)29-17-23-32(24-18-29)36-33(34)30-19-21-31(22-20-30)35-25-10-7-9-11-26(3)5-2/h4,17-24,26-28H,1,5-16,25H2,2-3H3/t26-,27?,28?/m0/s1. The van der Waals surface area contributed by atoms with Crippen LogP contribution in [0.15, 0.2) is 61.2 Å². The topological polar surface area (TPSA) is 35.5 Å². The fourth-order valence-corrected chi connectivity index (χ4v) is 5.16. The Labute approximate surface area is 219 Å². The maximum absolute atomic E-state index is 12.6. The summed E-state index contributed by atoms with van der Waals surface area (Å²) in [4.78, 5) is 12.6. The maximum Gasteiger partial charge on any atom is 0.343 e. The average Bonchev–Trinajstić information content (AvgIpc) is 2.92. The first-order valence-electron chi connectivity index (χ1n) is 14.2. The quantitative estimate of drug-likeness (QED) is 0.108. The first-order valence-corrected chi connectivity index (χ1v) is 14.2. The summed E-state index contributed by atoms with van der Waals surface area (Å²) in [6.07, 6.45) is 17.0. The van der Waals surface area contributed by atoms with Crippen LogP contribution in [-0.4, -0.2) is 12.6 Å². The van der Waals surface area contributed by atoms with Crippen molar-refractivity contribution in [2.75, 3.05) is 6.61 Å². The molecule has 0 heterocycles. The number of carbonyl (C=O) groups excluding carboxylic acids is 1. The van der Waals surface area contributed by atoms with Crippen molar-refractivity contribution in [3.05, 3.63) is 72.3 Å². The van der Waals surface area contributed by atoms with E-state index in [2.05, 4.69) is 32.6 Å². The van der Waals surface area contributed by atoms with Crippen LogP contribution in [0.2, 0.25) is 0 Å². The summed E-state index contributed by atoms with van der Waals surface area (Å²) >= 11 is 0. The minimum absolute atomic E-state index is 0.334. The Balaban J connectivity index is 1.38. The van der Waals surface area contributed by atoms with Crippen LogP contribution in [0, 0.1) is 11.8 Å². The molecule has 196 valence electrons. The molecule has 0 spiro atoms. The molecule has 0 saturated heterocycles. The van der Waals surface area contributed by atoms with Gasteiger partial charge in [-0.3, -0.25) is 0 Å². The van der Waals surface area contributed by atoms with E-state index in [1.165, 1.54) is 69.8 Å². The number of benzene rings is 2. The number of hydrogen-bond donors (Lipinski definition) is 0. The molecular formula is C33H46O3. The van der Waals surface area contributed by atoms with Crippen LogP contribution < -0.4 is 9.47 Å². The van der Waals surface area contributed by atoms with Gasteiger partial charge in [-0.05, 0) is 105 Å². The van der Waals surface area contributed by atoms with E-state index in [-0.39, 0.29) is 5.97 Å². The average molecular weight is 491 g/mol. The first kappa shape index (κ1) is 28.0. The lowest BCUT2D eigenvalue weighted by atomic mass is 9.77. The Morgan fingerprint density at radius 1 is 0.944 bits per heavy atom. The van der Waals surface area contributed by atoms with Gasteiger partial charge in [0.25, 0.3) is 0 Å². The van der Waals surface area contributed by atoms with Gasteiger partial charge in [0.15, 0.2) is 0 Å². The van der Waals surface area contributed by atoms with Gasteiger partial charge >= 0.3 is 5.97 Å². The molecule has 1 aliphatic rings. The van der Waals surface area contributed by atoms with Gasteiger partial charge in [-0.25, -0.2) is 4.79 Å². The zero-order chi connectivity index (χ0) is 25.6. The second kappa shape index (κ2) is 15.5. The summed E-state index contributed by atoms with van der Waals surface area (Å²) < 4.78 is 11.5. The molecule has 0 N–H and O–H groups in total. The second-order valence-electron chi connectivity index (χ2n) is 10.6. The molecule has 1 saturated carbocycles. The Hall–Kier alpha value is -2.55. The van der Waals surface area contributed by atoms with Crippen molar-refractivity contribution in [1.29, 1.82) is 0 Å². The van der Waals surface area contributed by atoms with Crippen molar-refractivity contribution in [3.8, 4) is 11.5 Å². The number of ether oxygens (including phenoxy) is 2. The summed E-state index contributed by atoms with van der Waals surface area (Å²) in [5.74, 6) is 3.38. The number of unbranched alkanes of at least 4 members (excludes halogenated alkanes) is 3. The summed E-state index contributed by atoms with van der Waals surface area (Å²) in [6, 6.07) is 15.4. The number of allylic oxidation sites excluding steroid dienone is 1. The molecule has 0 bridgehead atoms. The van der Waals surface area contributed by atoms with Crippen molar-refractivity contribution in [1.82, 2.24) is 0 Å². The fourth-order valence-electron chi connectivity index (χ4n) is 5.16. The molecular weight excluding hydrogens is 444 g/mol. The first-order chi connectivity index (χ1) is 17.6. The third-order valence-electron chi connectivity index (χ3n) is 7.83. The normalized spacial score (nSPS) is 18.4. The van der Waals surface area contributed by atoms with Gasteiger partial charge in [0, 0.05) is 0 Å². The van der Waals surface area contributed by atoms with Crippen LogP contribution in [0.5, 0.6) is 11.5 Å². The van der Waals surface area contributed by atoms with Gasteiger partial charge in [-0.2, -0.15) is 0 Å². The molecule has 3 rings (SSSR count). The molecule has 0 aromatic heterocycles. The zero-order valence-electron chi connectivity index (χ0n) is 22.6. The van der Waals surface area contributed by atoms with Crippen LogP contribution in [0.1, 0.15) is 113 Å². The number of hydrogen-bond acceptors (Lipinski definition) is 3. The van der Waals surface area contributed by atoms with Gasteiger partial charge in [0.1, 0.15) is 11.5 Å². The van der Waals surface area contributed by atoms with Gasteiger partial charge in [-0.15, -0.1) is 6.58 Å². The molecule has 2 aromatic carbocycles. The largest absolute Gasteiger partial charge is 0.494 e. The van der Waals surface area contributed by atoms with Crippen LogP contribution in [0.4, 0.5) is 0 Å². The minimum atomic E-state index is -0.334. The lowest BCUT2D eigenvalue weighted by molar-refractivity contribution is 0.0734. The Morgan fingerprint density at radius 2 is 1.64 bits per heavy atom. The van der Waals surface area contributed by atoms with Crippen molar-refractivity contribution in [3.63, 3.8) is 0 Å². The highest BCUT2D eigenvalue weighted by Crippen LogP contribution is 2.38. The summed E-state index contributed by atoms with van der Waals surface area (Å²) in [5, 5.41) is 0. The van der Waals surface area contributed by atoms with Gasteiger partial charge < -0.3 is 9.47 Å². The second-order valence-corrected chi connectivity index (χ2v) is 10.6. The number of rotatable bonds is 15. The van der Waals surface area contributed by atoms with Crippen molar-refractivity contribution in [2.24, 2.45) is 11.8 Å². The van der Waals surface area contributed by atoms with Crippen molar-refractivity contribution < 1.29 is 14.3 Å². The third-order valence-corrected chi connectivity index (χ3v) is 7.83. The van der Waals surface area contributed by atoms with Crippen molar-refractivity contribution >= 4 is 5.97 Å². The summed E-state index contributed by atoms with van der Waals surface area (Å²) in [6.45, 7) is 9.11. The van der Waals surface area contributed by atoms with Gasteiger partial charge in [0.2, 0.25) is 0 Å². The number of carbonyl (C=O) groups is 1. The van der Waals surface area contributed by atoms with E-state index in [1.54, 1.807) is 12.1 Å². The van der Waals surface area contributed by atoms with E-state index in [0.717, 1.165) is 30.4 Å². The summed E-state index contributed by atoms with van der Waals surface area (Å²) in [5.41, 5.74) is 1.90. The molecule has 0 unspecified atom stereocenters. The van der Waals surface area contributed by atoms with E-state index in [1.807, 2.05) is 30.3 Å². The monoisotopic (exact) mass is 490 g/mol. The SMILES string of the molecule is C=CCCCC1CCC(c2ccc(OC(=O)c3ccc(OCCCCC[C@@H](C)CC)cc3)cc2)CC1. The fraction of sp³-hybridized carbons (Fsp3) is 0.545. The van der Waals surface area contributed by atoms with E-state index in [9.17, 15) is 4.79 Å². The molecule has 0 aliphatic heterocycles. The lowest BCUT2D eigenvalue weighted by Gasteiger charge is -2.28. The van der Waals surface area contributed by atoms with Crippen LogP contribution in [0.3, 0.4) is 0 Å². The van der Waals surface area contributed by atoms with E-state index < -0.39 is 0 Å². The Morgan fingerprint density at radius 3 is 2.31 bits per heavy atom. The smallest absolute Gasteiger partial charge is 0.343 e. The van der Waals surface area contributed by atoms with Crippen molar-refractivity contribution in [2.45, 2.75) is 96.8 Å². The predicted molar refractivity (Wildman–Crippen MR) is 150 cm³/mol. The third kappa shape index (κ3) is 9.48. The van der Waals surface area contributed by atoms with E-state index in [4.69, 9.17) is 9.47 Å². The molecule has 0 amide bonds. The highest BCUT2D eigenvalue weighted by molar-refractivity contribution is 5.91. The highest BCUT2D eigenvalue weighted by atomic mass is 16.5. The molecule has 2 aromatic rings. The molecule has 3 nitrogen and oxygen atoms in total. The van der Waals surface area contributed by atoms with E-state index >= 15 is 0 Å².